The van der Waals surface area contributed by atoms with Gasteiger partial charge in [0, 0.05) is 18.7 Å². The molecule has 1 aromatic rings. The molecule has 0 saturated carbocycles. The van der Waals surface area contributed by atoms with Crippen LogP contribution in [-0.4, -0.2) is 19.9 Å². The highest BCUT2D eigenvalue weighted by Crippen LogP contribution is 2.15. The summed E-state index contributed by atoms with van der Waals surface area (Å²) in [7, 11) is -3.62. The van der Waals surface area contributed by atoms with Crippen LogP contribution in [0.15, 0.2) is 47.5 Å². The van der Waals surface area contributed by atoms with Gasteiger partial charge in [0.15, 0.2) is 0 Å². The van der Waals surface area contributed by atoms with Gasteiger partial charge in [-0.1, -0.05) is 6.58 Å². The van der Waals surface area contributed by atoms with Gasteiger partial charge in [-0.3, -0.25) is 10.1 Å². The maximum atomic E-state index is 11.7. The molecule has 96 valence electrons. The highest BCUT2D eigenvalue weighted by Gasteiger charge is 2.14. The predicted molar refractivity (Wildman–Crippen MR) is 66.6 cm³/mol. The van der Waals surface area contributed by atoms with E-state index in [0.29, 0.717) is 6.42 Å². The third kappa shape index (κ3) is 3.81. The van der Waals surface area contributed by atoms with E-state index in [9.17, 15) is 18.5 Å². The van der Waals surface area contributed by atoms with Gasteiger partial charge in [-0.15, -0.1) is 5.73 Å². The zero-order valence-electron chi connectivity index (χ0n) is 9.50. The van der Waals surface area contributed by atoms with Crippen LogP contribution in [0, 0.1) is 10.1 Å². The third-order valence-corrected chi connectivity index (χ3v) is 3.56. The second-order valence-electron chi connectivity index (χ2n) is 3.35. The van der Waals surface area contributed by atoms with Gasteiger partial charge in [-0.25, -0.2) is 13.1 Å². The van der Waals surface area contributed by atoms with Crippen LogP contribution in [0.1, 0.15) is 6.42 Å². The largest absolute Gasteiger partial charge is 0.269 e. The van der Waals surface area contributed by atoms with E-state index in [2.05, 4.69) is 17.0 Å². The van der Waals surface area contributed by atoms with Crippen molar-refractivity contribution in [2.45, 2.75) is 11.3 Å². The first kappa shape index (κ1) is 14.1. The van der Waals surface area contributed by atoms with Crippen LogP contribution in [0.3, 0.4) is 0 Å². The molecule has 0 saturated heterocycles. The Labute approximate surface area is 105 Å². The van der Waals surface area contributed by atoms with Gasteiger partial charge in [-0.05, 0) is 24.6 Å². The van der Waals surface area contributed by atoms with Gasteiger partial charge in [0.1, 0.15) is 0 Å². The molecule has 0 fully saturated rings. The average Bonchev–Trinajstić information content (AvgIpc) is 2.35. The van der Waals surface area contributed by atoms with Gasteiger partial charge in [0.05, 0.1) is 9.82 Å². The van der Waals surface area contributed by atoms with Crippen molar-refractivity contribution in [2.24, 2.45) is 0 Å². The van der Waals surface area contributed by atoms with Crippen LogP contribution in [0.25, 0.3) is 0 Å². The normalized spacial score (nSPS) is 10.7. The summed E-state index contributed by atoms with van der Waals surface area (Å²) in [5.74, 6) is 0. The van der Waals surface area contributed by atoms with E-state index in [-0.39, 0.29) is 17.1 Å². The fourth-order valence-electron chi connectivity index (χ4n) is 1.20. The molecule has 0 amide bonds. The van der Waals surface area contributed by atoms with Crippen LogP contribution in [-0.2, 0) is 10.0 Å². The molecular formula is C11H12N2O4S. The molecule has 0 bridgehead atoms. The molecule has 7 heteroatoms. The molecule has 0 aliphatic carbocycles. The van der Waals surface area contributed by atoms with Gasteiger partial charge < -0.3 is 0 Å². The molecule has 18 heavy (non-hydrogen) atoms. The minimum Gasteiger partial charge on any atom is -0.258 e. The van der Waals surface area contributed by atoms with E-state index in [0.717, 1.165) is 12.1 Å². The number of rotatable bonds is 6. The smallest absolute Gasteiger partial charge is 0.258 e. The zero-order valence-corrected chi connectivity index (χ0v) is 10.3. The SMILES string of the molecule is C=C=CCCNS(=O)(=O)c1ccc([N+](=O)[O-])cc1. The van der Waals surface area contributed by atoms with Crippen molar-refractivity contribution in [3.05, 3.63) is 52.8 Å². The number of benzene rings is 1. The Hall–Kier alpha value is -1.95. The monoisotopic (exact) mass is 268 g/mol. The van der Waals surface area contributed by atoms with Gasteiger partial charge in [0.2, 0.25) is 10.0 Å². The Morgan fingerprint density at radius 2 is 2.00 bits per heavy atom. The Morgan fingerprint density at radius 1 is 1.39 bits per heavy atom. The number of nitrogens with zero attached hydrogens (tertiary/aromatic N) is 1. The number of hydrogen-bond acceptors (Lipinski definition) is 4. The molecule has 6 nitrogen and oxygen atoms in total. The number of nitro benzene ring substituents is 1. The molecule has 1 rings (SSSR count). The molecule has 0 aliphatic heterocycles. The molecule has 0 radical (unpaired) electrons. The minimum absolute atomic E-state index is 0.00400. The van der Waals surface area contributed by atoms with E-state index in [4.69, 9.17) is 0 Å². The highest BCUT2D eigenvalue weighted by molar-refractivity contribution is 7.89. The molecule has 0 aromatic heterocycles. The van der Waals surface area contributed by atoms with Crippen molar-refractivity contribution < 1.29 is 13.3 Å². The summed E-state index contributed by atoms with van der Waals surface area (Å²) in [6, 6.07) is 4.70. The van der Waals surface area contributed by atoms with Gasteiger partial charge >= 0.3 is 0 Å². The second-order valence-corrected chi connectivity index (χ2v) is 5.11. The number of non-ortho nitro benzene ring substituents is 1. The maximum Gasteiger partial charge on any atom is 0.269 e. The summed E-state index contributed by atoms with van der Waals surface area (Å²) in [5, 5.41) is 10.4. The first-order chi connectivity index (χ1) is 8.47. The van der Waals surface area contributed by atoms with Crippen LogP contribution < -0.4 is 4.72 Å². The van der Waals surface area contributed by atoms with Crippen LogP contribution >= 0.6 is 0 Å². The Kier molecular flexibility index (Phi) is 4.79. The summed E-state index contributed by atoms with van der Waals surface area (Å²) >= 11 is 0. The topological polar surface area (TPSA) is 89.3 Å². The maximum absolute atomic E-state index is 11.7. The summed E-state index contributed by atoms with van der Waals surface area (Å²) < 4.78 is 25.9. The summed E-state index contributed by atoms with van der Waals surface area (Å²) in [4.78, 5) is 9.84. The average molecular weight is 268 g/mol. The predicted octanol–water partition coefficient (Wildman–Crippen LogP) is 1.60. The second kappa shape index (κ2) is 6.11. The van der Waals surface area contributed by atoms with Crippen LogP contribution in [0.2, 0.25) is 0 Å². The summed E-state index contributed by atoms with van der Waals surface area (Å²) in [5.41, 5.74) is 2.38. The molecule has 0 spiro atoms. The number of hydrogen-bond donors (Lipinski definition) is 1. The first-order valence-electron chi connectivity index (χ1n) is 5.06. The molecule has 1 aromatic carbocycles. The van der Waals surface area contributed by atoms with Crippen molar-refractivity contribution >= 4 is 15.7 Å². The van der Waals surface area contributed by atoms with Crippen molar-refractivity contribution in [3.63, 3.8) is 0 Å². The van der Waals surface area contributed by atoms with E-state index < -0.39 is 14.9 Å². The molecule has 1 N–H and O–H groups in total. The van der Waals surface area contributed by atoms with Crippen molar-refractivity contribution in [2.75, 3.05) is 6.54 Å². The van der Waals surface area contributed by atoms with Crippen molar-refractivity contribution in [1.29, 1.82) is 0 Å². The Bertz CT molecular complexity index is 572. The fraction of sp³-hybridized carbons (Fsp3) is 0.182. The van der Waals surface area contributed by atoms with E-state index in [1.165, 1.54) is 12.1 Å². The van der Waals surface area contributed by atoms with E-state index >= 15 is 0 Å². The van der Waals surface area contributed by atoms with Crippen molar-refractivity contribution in [1.82, 2.24) is 4.72 Å². The van der Waals surface area contributed by atoms with Crippen molar-refractivity contribution in [3.8, 4) is 0 Å². The lowest BCUT2D eigenvalue weighted by Gasteiger charge is -2.04. The molecule has 0 heterocycles. The zero-order chi connectivity index (χ0) is 13.6. The summed E-state index contributed by atoms with van der Waals surface area (Å²) in [6.07, 6.45) is 2.09. The van der Waals surface area contributed by atoms with Crippen LogP contribution in [0.5, 0.6) is 0 Å². The minimum atomic E-state index is -3.62. The quantitative estimate of drug-likeness (QED) is 0.367. The number of nitro groups is 1. The lowest BCUT2D eigenvalue weighted by Crippen LogP contribution is -2.24. The fourth-order valence-corrected chi connectivity index (χ4v) is 2.25. The Balaban J connectivity index is 2.78. The first-order valence-corrected chi connectivity index (χ1v) is 6.54. The standard InChI is InChI=1S/C11H12N2O4S/c1-2-3-4-9-12-18(16,17)11-7-5-10(6-8-11)13(14)15/h3,5-8,12H,1,4,9H2. The number of nitrogens with one attached hydrogen (secondary N) is 1. The van der Waals surface area contributed by atoms with E-state index in [1.54, 1.807) is 6.08 Å². The number of sulfonamides is 1. The summed E-state index contributed by atoms with van der Waals surface area (Å²) in [6.45, 7) is 3.58. The lowest BCUT2D eigenvalue weighted by atomic mass is 10.3. The molecule has 0 atom stereocenters. The van der Waals surface area contributed by atoms with Gasteiger partial charge in [0.25, 0.3) is 5.69 Å². The van der Waals surface area contributed by atoms with E-state index in [1.807, 2.05) is 0 Å². The highest BCUT2D eigenvalue weighted by atomic mass is 32.2. The third-order valence-electron chi connectivity index (χ3n) is 2.08. The Morgan fingerprint density at radius 3 is 2.50 bits per heavy atom. The lowest BCUT2D eigenvalue weighted by molar-refractivity contribution is -0.384. The van der Waals surface area contributed by atoms with Gasteiger partial charge in [-0.2, -0.15) is 0 Å². The molecule has 0 aliphatic rings. The molecule has 0 unspecified atom stereocenters. The molecular weight excluding hydrogens is 256 g/mol. The van der Waals surface area contributed by atoms with Crippen LogP contribution in [0.4, 0.5) is 5.69 Å².